The SMILES string of the molecule is O=S(O)C(F)(F)F.[Ag]. The Hall–Kier alpha value is 0.640. The van der Waals surface area contributed by atoms with Crippen LogP contribution in [-0.4, -0.2) is 14.3 Å². The van der Waals surface area contributed by atoms with Crippen molar-refractivity contribution in [1.29, 1.82) is 0 Å². The van der Waals surface area contributed by atoms with Crippen LogP contribution >= 0.6 is 0 Å². The minimum atomic E-state index is -4.97. The minimum absolute atomic E-state index is 0. The predicted octanol–water partition coefficient (Wildman–Crippen LogP) is 0.725. The van der Waals surface area contributed by atoms with Crippen molar-refractivity contribution in [2.75, 3.05) is 0 Å². The summed E-state index contributed by atoms with van der Waals surface area (Å²) in [6.07, 6.45) is 0. The van der Waals surface area contributed by atoms with Crippen LogP contribution in [0.5, 0.6) is 0 Å². The first-order valence-electron chi connectivity index (χ1n) is 1.12. The van der Waals surface area contributed by atoms with Crippen LogP contribution in [-0.2, 0) is 33.5 Å². The fourth-order valence-electron chi connectivity index (χ4n) is 0. The minimum Gasteiger partial charge on any atom is -0.299 e. The smallest absolute Gasteiger partial charge is 0.299 e. The van der Waals surface area contributed by atoms with Gasteiger partial charge in [0.2, 0.25) is 0 Å². The van der Waals surface area contributed by atoms with E-state index < -0.39 is 16.6 Å². The van der Waals surface area contributed by atoms with Gasteiger partial charge in [0.25, 0.3) is 11.1 Å². The molecule has 0 spiro atoms. The molecule has 0 amide bonds. The molecule has 0 aromatic heterocycles. The first-order chi connectivity index (χ1) is 2.94. The maximum atomic E-state index is 10.6. The van der Waals surface area contributed by atoms with Gasteiger partial charge in [0, 0.05) is 22.4 Å². The van der Waals surface area contributed by atoms with Gasteiger partial charge in [-0.25, -0.2) is 4.21 Å². The Morgan fingerprint density at radius 1 is 1.38 bits per heavy atom. The molecule has 0 fully saturated rings. The third-order valence-corrected chi connectivity index (χ3v) is 0.594. The van der Waals surface area contributed by atoms with Crippen molar-refractivity contribution >= 4 is 11.1 Å². The van der Waals surface area contributed by atoms with Crippen LogP contribution in [0.1, 0.15) is 0 Å². The zero-order chi connectivity index (χ0) is 6.08. The molecule has 0 saturated heterocycles. The molecule has 0 aromatic rings. The van der Waals surface area contributed by atoms with Gasteiger partial charge in [0.15, 0.2) is 0 Å². The van der Waals surface area contributed by atoms with Gasteiger partial charge in [-0.2, -0.15) is 13.2 Å². The quantitative estimate of drug-likeness (QED) is 0.502. The molecule has 7 heteroatoms. The van der Waals surface area contributed by atoms with Crippen LogP contribution in [0, 0.1) is 0 Å². The first-order valence-corrected chi connectivity index (χ1v) is 2.23. The predicted molar refractivity (Wildman–Crippen MR) is 16.8 cm³/mol. The molecule has 1 unspecified atom stereocenters. The van der Waals surface area contributed by atoms with Gasteiger partial charge in [0.1, 0.15) is 0 Å². The second kappa shape index (κ2) is 3.62. The molecule has 0 rings (SSSR count). The molecular formula is CHAgF3O2S. The van der Waals surface area contributed by atoms with E-state index in [4.69, 9.17) is 8.76 Å². The van der Waals surface area contributed by atoms with E-state index in [0.29, 0.717) is 0 Å². The van der Waals surface area contributed by atoms with E-state index in [0.717, 1.165) is 0 Å². The van der Waals surface area contributed by atoms with Crippen molar-refractivity contribution in [2.24, 2.45) is 0 Å². The van der Waals surface area contributed by atoms with E-state index in [1.807, 2.05) is 0 Å². The van der Waals surface area contributed by atoms with Gasteiger partial charge in [-0.05, 0) is 0 Å². The molecule has 0 aliphatic carbocycles. The summed E-state index contributed by atoms with van der Waals surface area (Å²) in [5.74, 6) is 0. The molecule has 0 aliphatic heterocycles. The molecule has 1 atom stereocenters. The summed E-state index contributed by atoms with van der Waals surface area (Å²) in [5.41, 5.74) is -4.97. The summed E-state index contributed by atoms with van der Waals surface area (Å²) in [5, 5.41) is 0. The second-order valence-electron chi connectivity index (χ2n) is 0.695. The van der Waals surface area contributed by atoms with E-state index in [-0.39, 0.29) is 22.4 Å². The van der Waals surface area contributed by atoms with E-state index in [1.54, 1.807) is 0 Å². The van der Waals surface area contributed by atoms with Gasteiger partial charge in [-0.1, -0.05) is 0 Å². The summed E-state index contributed by atoms with van der Waals surface area (Å²) in [6.45, 7) is 0. The monoisotopic (exact) mass is 241 g/mol. The molecule has 55 valence electrons. The van der Waals surface area contributed by atoms with Crippen molar-refractivity contribution in [1.82, 2.24) is 0 Å². The summed E-state index contributed by atoms with van der Waals surface area (Å²) >= 11 is -3.68. The molecular weight excluding hydrogens is 241 g/mol. The van der Waals surface area contributed by atoms with Crippen LogP contribution in [0.15, 0.2) is 0 Å². The van der Waals surface area contributed by atoms with E-state index in [9.17, 15) is 13.2 Å². The second-order valence-corrected chi connectivity index (χ2v) is 1.66. The van der Waals surface area contributed by atoms with E-state index in [1.165, 1.54) is 0 Å². The van der Waals surface area contributed by atoms with Gasteiger partial charge in [-0.15, -0.1) is 0 Å². The van der Waals surface area contributed by atoms with E-state index >= 15 is 0 Å². The Morgan fingerprint density at radius 3 is 1.50 bits per heavy atom. The maximum Gasteiger partial charge on any atom is 0.496 e. The van der Waals surface area contributed by atoms with Crippen LogP contribution in [0.2, 0.25) is 0 Å². The molecule has 0 aliphatic rings. The Labute approximate surface area is 61.2 Å². The fraction of sp³-hybridized carbons (Fsp3) is 1.00. The molecule has 0 bridgehead atoms. The van der Waals surface area contributed by atoms with E-state index in [2.05, 4.69) is 0 Å². The van der Waals surface area contributed by atoms with Crippen molar-refractivity contribution in [3.63, 3.8) is 0 Å². The van der Waals surface area contributed by atoms with Crippen LogP contribution < -0.4 is 0 Å². The number of alkyl halides is 3. The average Bonchev–Trinajstić information content (AvgIpc) is 1.31. The first kappa shape index (κ1) is 11.4. The van der Waals surface area contributed by atoms with Crippen molar-refractivity contribution in [3.8, 4) is 0 Å². The molecule has 0 saturated carbocycles. The molecule has 2 nitrogen and oxygen atoms in total. The molecule has 1 N–H and O–H groups in total. The number of hydrogen-bond donors (Lipinski definition) is 1. The zero-order valence-corrected chi connectivity index (χ0v) is 5.50. The largest absolute Gasteiger partial charge is 0.496 e. The summed E-state index contributed by atoms with van der Waals surface area (Å²) in [4.78, 5) is 0. The Balaban J connectivity index is 0. The van der Waals surface area contributed by atoms with Gasteiger partial charge in [0.05, 0.1) is 0 Å². The van der Waals surface area contributed by atoms with Crippen LogP contribution in [0.25, 0.3) is 0 Å². The van der Waals surface area contributed by atoms with Gasteiger partial charge < -0.3 is 0 Å². The summed E-state index contributed by atoms with van der Waals surface area (Å²) in [7, 11) is 0. The third-order valence-electron chi connectivity index (χ3n) is 0.198. The summed E-state index contributed by atoms with van der Waals surface area (Å²) in [6, 6.07) is 0. The molecule has 0 aromatic carbocycles. The Bertz CT molecular complexity index is 89.8. The number of halogens is 3. The van der Waals surface area contributed by atoms with Gasteiger partial charge in [-0.3, -0.25) is 4.55 Å². The van der Waals surface area contributed by atoms with Crippen LogP contribution in [0.4, 0.5) is 13.2 Å². The Morgan fingerprint density at radius 2 is 1.50 bits per heavy atom. The molecule has 0 heterocycles. The molecule has 1 radical (unpaired) electrons. The van der Waals surface area contributed by atoms with Crippen molar-refractivity contribution in [3.05, 3.63) is 0 Å². The van der Waals surface area contributed by atoms with Crippen molar-refractivity contribution < 1.29 is 44.3 Å². The van der Waals surface area contributed by atoms with Gasteiger partial charge >= 0.3 is 5.51 Å². The number of hydrogen-bond acceptors (Lipinski definition) is 1. The standard InChI is InChI=1S/CHF3O2S.Ag/c2-1(3,4)7(5)6;/h(H,5,6);. The third kappa shape index (κ3) is 4.79. The maximum absolute atomic E-state index is 10.6. The molecule has 8 heavy (non-hydrogen) atoms. The Kier molecular flexibility index (Phi) is 5.18. The fourth-order valence-corrected chi connectivity index (χ4v) is 0. The normalized spacial score (nSPS) is 14.5. The average molecular weight is 242 g/mol. The topological polar surface area (TPSA) is 37.3 Å². The zero-order valence-electron chi connectivity index (χ0n) is 3.20. The summed E-state index contributed by atoms with van der Waals surface area (Å²) < 4.78 is 48.1. The van der Waals surface area contributed by atoms with Crippen LogP contribution in [0.3, 0.4) is 0 Å². The number of rotatable bonds is 0. The van der Waals surface area contributed by atoms with Crippen molar-refractivity contribution in [2.45, 2.75) is 5.51 Å².